The Bertz CT molecular complexity index is 1240. The smallest absolute Gasteiger partial charge is 0.407 e. The van der Waals surface area contributed by atoms with E-state index >= 15 is 0 Å². The van der Waals surface area contributed by atoms with Gasteiger partial charge in [0.1, 0.15) is 18.9 Å². The Morgan fingerprint density at radius 1 is 1.06 bits per heavy atom. The van der Waals surface area contributed by atoms with Crippen LogP contribution in [0.1, 0.15) is 18.4 Å². The van der Waals surface area contributed by atoms with Crippen LogP contribution in [0, 0.1) is 0 Å². The maximum Gasteiger partial charge on any atom is 0.407 e. The van der Waals surface area contributed by atoms with Crippen LogP contribution in [0.25, 0.3) is 11.0 Å². The van der Waals surface area contributed by atoms with Crippen LogP contribution in [0.3, 0.4) is 0 Å². The molecule has 1 amide bonds. The van der Waals surface area contributed by atoms with E-state index < -0.39 is 6.09 Å². The highest BCUT2D eigenvalue weighted by Crippen LogP contribution is 2.31. The molecule has 2 aliphatic rings. The molecule has 2 aromatic heterocycles. The van der Waals surface area contributed by atoms with E-state index in [1.165, 1.54) is 4.90 Å². The summed E-state index contributed by atoms with van der Waals surface area (Å²) in [5, 5.41) is 10.8. The minimum absolute atomic E-state index is 0.0519. The summed E-state index contributed by atoms with van der Waals surface area (Å²) < 4.78 is 12.9. The average Bonchev–Trinajstić information content (AvgIpc) is 2.87. The molecule has 1 fully saturated rings. The summed E-state index contributed by atoms with van der Waals surface area (Å²) >= 11 is 0. The number of piperidine rings is 1. The number of amides is 1. The molecule has 0 unspecified atom stereocenters. The molecule has 0 atom stereocenters. The lowest BCUT2D eigenvalue weighted by atomic mass is 10.0. The first-order chi connectivity index (χ1) is 16.6. The number of likely N-dealkylation sites (tertiary alicyclic amines) is 1. The van der Waals surface area contributed by atoms with Gasteiger partial charge in [0.25, 0.3) is 5.56 Å². The predicted octanol–water partition coefficient (Wildman–Crippen LogP) is 2.81. The third-order valence-corrected chi connectivity index (χ3v) is 6.59. The fourth-order valence-electron chi connectivity index (χ4n) is 4.77. The highest BCUT2D eigenvalue weighted by atomic mass is 16.6. The molecule has 3 aromatic rings. The second-order valence-electron chi connectivity index (χ2n) is 8.70. The van der Waals surface area contributed by atoms with Crippen LogP contribution in [0.15, 0.2) is 53.5 Å². The number of aromatic nitrogens is 2. The minimum atomic E-state index is -0.915. The van der Waals surface area contributed by atoms with Crippen LogP contribution in [-0.2, 0) is 13.1 Å². The molecule has 0 bridgehead atoms. The Labute approximate surface area is 197 Å². The fraction of sp³-hybridized carbons (Fsp3) is 0.400. The number of carbonyl (C=O) groups is 1. The second kappa shape index (κ2) is 9.72. The number of hydrogen-bond donors (Lipinski definition) is 1. The molecule has 0 saturated carbocycles. The molecule has 1 N–H and O–H groups in total. The summed E-state index contributed by atoms with van der Waals surface area (Å²) in [6.45, 7) is 4.17. The molecular formula is C25H28N4O5. The summed E-state index contributed by atoms with van der Waals surface area (Å²) in [6.07, 6.45) is 2.28. The van der Waals surface area contributed by atoms with Crippen molar-refractivity contribution >= 4 is 17.1 Å². The van der Waals surface area contributed by atoms with Gasteiger partial charge in [0.15, 0.2) is 11.5 Å². The van der Waals surface area contributed by atoms with E-state index in [4.69, 9.17) is 9.47 Å². The molecule has 0 radical (unpaired) electrons. The monoisotopic (exact) mass is 464 g/mol. The maximum absolute atomic E-state index is 12.4. The van der Waals surface area contributed by atoms with Crippen LogP contribution in [0.4, 0.5) is 4.79 Å². The van der Waals surface area contributed by atoms with Crippen LogP contribution in [-0.4, -0.2) is 69.4 Å². The molecule has 4 heterocycles. The van der Waals surface area contributed by atoms with Gasteiger partial charge in [-0.25, -0.2) is 9.78 Å². The van der Waals surface area contributed by atoms with Crippen LogP contribution >= 0.6 is 0 Å². The van der Waals surface area contributed by atoms with Crippen molar-refractivity contribution in [2.75, 3.05) is 32.8 Å². The molecule has 1 saturated heterocycles. The number of pyridine rings is 2. The third-order valence-electron chi connectivity index (χ3n) is 6.59. The van der Waals surface area contributed by atoms with Crippen molar-refractivity contribution < 1.29 is 19.4 Å². The van der Waals surface area contributed by atoms with Crippen molar-refractivity contribution in [2.45, 2.75) is 32.0 Å². The van der Waals surface area contributed by atoms with Crippen molar-refractivity contribution in [1.29, 1.82) is 0 Å². The van der Waals surface area contributed by atoms with Gasteiger partial charge in [0, 0.05) is 56.4 Å². The number of hydrogen-bond acceptors (Lipinski definition) is 6. The van der Waals surface area contributed by atoms with Gasteiger partial charge < -0.3 is 24.4 Å². The van der Waals surface area contributed by atoms with Crippen molar-refractivity contribution in [3.63, 3.8) is 0 Å². The third kappa shape index (κ3) is 4.70. The molecule has 0 spiro atoms. The number of rotatable bonds is 6. The first kappa shape index (κ1) is 22.2. The van der Waals surface area contributed by atoms with Gasteiger partial charge in [-0.3, -0.25) is 9.36 Å². The topological polar surface area (TPSA) is 97.1 Å². The van der Waals surface area contributed by atoms with E-state index in [9.17, 15) is 14.7 Å². The van der Waals surface area contributed by atoms with E-state index in [2.05, 4.69) is 9.88 Å². The Morgan fingerprint density at radius 2 is 1.85 bits per heavy atom. The zero-order valence-electron chi connectivity index (χ0n) is 18.9. The quantitative estimate of drug-likeness (QED) is 0.599. The number of ether oxygens (including phenoxy) is 2. The van der Waals surface area contributed by atoms with E-state index in [-0.39, 0.29) is 11.6 Å². The molecule has 5 rings (SSSR count). The Kier molecular flexibility index (Phi) is 6.35. The van der Waals surface area contributed by atoms with Crippen LogP contribution in [0.5, 0.6) is 11.5 Å². The summed E-state index contributed by atoms with van der Waals surface area (Å²) in [7, 11) is 0. The Hall–Kier alpha value is -3.59. The van der Waals surface area contributed by atoms with Crippen molar-refractivity contribution in [3.05, 3.63) is 64.6 Å². The molecule has 34 heavy (non-hydrogen) atoms. The lowest BCUT2D eigenvalue weighted by Crippen LogP contribution is -2.47. The van der Waals surface area contributed by atoms with E-state index in [0.29, 0.717) is 43.4 Å². The number of carboxylic acid groups (broad SMARTS) is 1. The van der Waals surface area contributed by atoms with E-state index in [1.807, 2.05) is 30.3 Å². The maximum atomic E-state index is 12.4. The number of benzene rings is 1. The van der Waals surface area contributed by atoms with Crippen molar-refractivity contribution in [2.24, 2.45) is 0 Å². The van der Waals surface area contributed by atoms with E-state index in [1.54, 1.807) is 22.9 Å². The number of nitrogens with zero attached hydrogens (tertiary/aromatic N) is 4. The Balaban J connectivity index is 1.20. The standard InChI is InChI=1S/C25H28N4O5/c30-23-6-4-19-2-1-9-26-24(19)28(23)13-12-27-10-7-20(8-11-27)29(25(31)32)17-18-3-5-21-22(16-18)34-15-14-33-21/h1-6,9,16,20H,7-8,10-15,17H2,(H,31,32). The SMILES string of the molecule is O=C(O)N(Cc1ccc2c(c1)OCCO2)C1CCN(CCn2c(=O)ccc3cccnc32)CC1. The Morgan fingerprint density at radius 3 is 2.65 bits per heavy atom. The minimum Gasteiger partial charge on any atom is -0.486 e. The normalized spacial score (nSPS) is 16.5. The van der Waals surface area contributed by atoms with E-state index in [0.717, 1.165) is 43.4 Å². The van der Waals surface area contributed by atoms with Gasteiger partial charge >= 0.3 is 6.09 Å². The first-order valence-electron chi connectivity index (χ1n) is 11.6. The zero-order valence-corrected chi connectivity index (χ0v) is 18.9. The average molecular weight is 465 g/mol. The fourth-order valence-corrected chi connectivity index (χ4v) is 4.77. The van der Waals surface area contributed by atoms with Gasteiger partial charge in [0.2, 0.25) is 0 Å². The molecule has 0 aliphatic carbocycles. The predicted molar refractivity (Wildman–Crippen MR) is 126 cm³/mol. The van der Waals surface area contributed by atoms with Crippen molar-refractivity contribution in [1.82, 2.24) is 19.4 Å². The summed E-state index contributed by atoms with van der Waals surface area (Å²) in [5.41, 5.74) is 1.52. The molecular weight excluding hydrogens is 436 g/mol. The summed E-state index contributed by atoms with van der Waals surface area (Å²) in [4.78, 5) is 32.7. The zero-order chi connectivity index (χ0) is 23.5. The molecule has 9 heteroatoms. The lowest BCUT2D eigenvalue weighted by Gasteiger charge is -2.37. The van der Waals surface area contributed by atoms with Gasteiger partial charge in [-0.1, -0.05) is 6.07 Å². The van der Waals surface area contributed by atoms with Gasteiger partial charge in [-0.2, -0.15) is 0 Å². The molecule has 1 aromatic carbocycles. The van der Waals surface area contributed by atoms with Gasteiger partial charge in [-0.05, 0) is 48.7 Å². The highest BCUT2D eigenvalue weighted by molar-refractivity contribution is 5.74. The molecule has 178 valence electrons. The molecule has 2 aliphatic heterocycles. The van der Waals surface area contributed by atoms with Crippen LogP contribution < -0.4 is 15.0 Å². The highest BCUT2D eigenvalue weighted by Gasteiger charge is 2.28. The second-order valence-corrected chi connectivity index (χ2v) is 8.70. The summed E-state index contributed by atoms with van der Waals surface area (Å²) in [5.74, 6) is 1.37. The molecule has 9 nitrogen and oxygen atoms in total. The van der Waals surface area contributed by atoms with Crippen LogP contribution in [0.2, 0.25) is 0 Å². The first-order valence-corrected chi connectivity index (χ1v) is 11.6. The summed E-state index contributed by atoms with van der Waals surface area (Å²) in [6, 6.07) is 12.8. The number of fused-ring (bicyclic) bond motifs is 2. The lowest BCUT2D eigenvalue weighted by molar-refractivity contribution is 0.0855. The van der Waals surface area contributed by atoms with Gasteiger partial charge in [0.05, 0.1) is 0 Å². The largest absolute Gasteiger partial charge is 0.486 e. The van der Waals surface area contributed by atoms with Crippen molar-refractivity contribution in [3.8, 4) is 11.5 Å². The van der Waals surface area contributed by atoms with Gasteiger partial charge in [-0.15, -0.1) is 0 Å².